The van der Waals surface area contributed by atoms with Gasteiger partial charge in [0.2, 0.25) is 17.8 Å². The van der Waals surface area contributed by atoms with Crippen LogP contribution in [0.4, 0.5) is 11.8 Å². The van der Waals surface area contributed by atoms with Crippen molar-refractivity contribution < 1.29 is 24.2 Å². The van der Waals surface area contributed by atoms with Crippen LogP contribution in [-0.4, -0.2) is 93.6 Å². The lowest BCUT2D eigenvalue weighted by Gasteiger charge is -2.35. The van der Waals surface area contributed by atoms with Gasteiger partial charge in [0, 0.05) is 69.9 Å². The van der Waals surface area contributed by atoms with Crippen molar-refractivity contribution in [1.82, 2.24) is 29.7 Å². The van der Waals surface area contributed by atoms with Crippen molar-refractivity contribution in [3.63, 3.8) is 0 Å². The minimum Gasteiger partial charge on any atom is -0.496 e. The number of carbonyl (C=O) groups excluding carboxylic acids is 2. The quantitative estimate of drug-likeness (QED) is 0.174. The second kappa shape index (κ2) is 16.1. The predicted molar refractivity (Wildman–Crippen MR) is 173 cm³/mol. The summed E-state index contributed by atoms with van der Waals surface area (Å²) in [7, 11) is 1.68. The lowest BCUT2D eigenvalue weighted by Crippen LogP contribution is -2.48. The Morgan fingerprint density at radius 3 is 2.56 bits per heavy atom. The number of methoxy groups -OCH3 is 1. The number of aliphatic carboxylic acids is 1. The highest BCUT2D eigenvalue weighted by atomic mass is 16.5. The molecule has 1 atom stereocenters. The van der Waals surface area contributed by atoms with Crippen LogP contribution in [0.15, 0.2) is 30.5 Å². The van der Waals surface area contributed by atoms with E-state index >= 15 is 0 Å². The van der Waals surface area contributed by atoms with Gasteiger partial charge >= 0.3 is 5.97 Å². The predicted octanol–water partition coefficient (Wildman–Crippen LogP) is 2.93. The summed E-state index contributed by atoms with van der Waals surface area (Å²) in [6, 6.07) is 8.20. The number of unbranched alkanes of at least 4 members (excludes halogenated alkanes) is 2. The monoisotopic (exact) mass is 622 g/mol. The molecule has 13 heteroatoms. The van der Waals surface area contributed by atoms with Gasteiger partial charge in [-0.3, -0.25) is 19.3 Å². The number of benzene rings is 1. The molecule has 1 aliphatic rings. The molecule has 45 heavy (non-hydrogen) atoms. The Morgan fingerprint density at radius 1 is 1.07 bits per heavy atom. The lowest BCUT2D eigenvalue weighted by molar-refractivity contribution is -0.141. The van der Waals surface area contributed by atoms with E-state index in [-0.39, 0.29) is 37.1 Å². The Hall–Kier alpha value is -4.39. The van der Waals surface area contributed by atoms with E-state index in [0.717, 1.165) is 79.2 Å². The highest BCUT2D eigenvalue weighted by molar-refractivity contribution is 5.87. The third-order valence-electron chi connectivity index (χ3n) is 8.08. The molecule has 3 heterocycles. The van der Waals surface area contributed by atoms with Crippen LogP contribution in [0, 0.1) is 5.92 Å². The van der Waals surface area contributed by atoms with Crippen LogP contribution in [0.25, 0.3) is 11.0 Å². The number of rotatable bonds is 16. The standard InChI is InChI=1S/C32H46N8O5/c1-4-5-6-11-34-30-29-25(36-32(33)37-30)10-13-40(29)21-24-19-23(7-8-26(24)45-3)20-38-14-16-39(17-15-38)27(41)9-12-35-31(44)22(2)18-28(42)43/h7-8,10,13,19,22H,4-6,9,11-12,14-18,20-21H2,1-3H3,(H,35,44)(H,42,43)(H3,33,34,36,37). The Labute approximate surface area is 264 Å². The molecule has 1 unspecified atom stereocenters. The number of nitrogens with zero attached hydrogens (tertiary/aromatic N) is 5. The summed E-state index contributed by atoms with van der Waals surface area (Å²) in [5, 5.41) is 15.0. The normalized spacial score (nSPS) is 14.3. The van der Waals surface area contributed by atoms with Gasteiger partial charge in [-0.05, 0) is 30.2 Å². The molecule has 244 valence electrons. The number of piperazine rings is 1. The summed E-state index contributed by atoms with van der Waals surface area (Å²) in [5.41, 5.74) is 9.89. The Morgan fingerprint density at radius 2 is 1.84 bits per heavy atom. The summed E-state index contributed by atoms with van der Waals surface area (Å²) < 4.78 is 7.84. The van der Waals surface area contributed by atoms with E-state index in [2.05, 4.69) is 49.1 Å². The first kappa shape index (κ1) is 33.5. The zero-order valence-corrected chi connectivity index (χ0v) is 26.6. The van der Waals surface area contributed by atoms with E-state index in [9.17, 15) is 14.4 Å². The number of fused-ring (bicyclic) bond motifs is 1. The van der Waals surface area contributed by atoms with Gasteiger partial charge in [-0.2, -0.15) is 4.98 Å². The molecule has 1 fully saturated rings. The summed E-state index contributed by atoms with van der Waals surface area (Å²) in [6.07, 6.45) is 5.29. The maximum atomic E-state index is 12.7. The largest absolute Gasteiger partial charge is 0.496 e. The second-order valence-corrected chi connectivity index (χ2v) is 11.6. The highest BCUT2D eigenvalue weighted by Gasteiger charge is 2.22. The van der Waals surface area contributed by atoms with Crippen molar-refractivity contribution in [2.75, 3.05) is 57.4 Å². The van der Waals surface area contributed by atoms with Crippen LogP contribution in [0.1, 0.15) is 57.1 Å². The average Bonchev–Trinajstić information content (AvgIpc) is 3.41. The molecule has 0 radical (unpaired) electrons. The number of anilines is 2. The van der Waals surface area contributed by atoms with E-state index in [4.69, 9.17) is 15.6 Å². The van der Waals surface area contributed by atoms with E-state index in [0.29, 0.717) is 19.6 Å². The molecule has 0 spiro atoms. The number of carboxylic acids is 1. The molecule has 3 aromatic rings. The number of nitrogens with two attached hydrogens (primary N) is 1. The molecule has 5 N–H and O–H groups in total. The number of amides is 2. The van der Waals surface area contributed by atoms with Gasteiger partial charge in [0.05, 0.1) is 25.6 Å². The molecular formula is C32H46N8O5. The van der Waals surface area contributed by atoms with E-state index < -0.39 is 11.9 Å². The first-order chi connectivity index (χ1) is 21.7. The Kier molecular flexibility index (Phi) is 12.0. The van der Waals surface area contributed by atoms with Crippen LogP contribution in [0.2, 0.25) is 0 Å². The molecule has 13 nitrogen and oxygen atoms in total. The fourth-order valence-corrected chi connectivity index (χ4v) is 5.59. The van der Waals surface area contributed by atoms with Crippen molar-refractivity contribution in [2.45, 2.75) is 59.0 Å². The van der Waals surface area contributed by atoms with Gasteiger partial charge in [0.15, 0.2) is 5.82 Å². The van der Waals surface area contributed by atoms with Crippen LogP contribution in [-0.2, 0) is 27.5 Å². The van der Waals surface area contributed by atoms with Gasteiger partial charge in [0.1, 0.15) is 11.3 Å². The molecule has 0 aliphatic carbocycles. The Bertz CT molecular complexity index is 1470. The van der Waals surface area contributed by atoms with E-state index in [1.165, 1.54) is 0 Å². The van der Waals surface area contributed by atoms with Crippen LogP contribution < -0.4 is 21.1 Å². The maximum absolute atomic E-state index is 12.7. The van der Waals surface area contributed by atoms with Crippen LogP contribution >= 0.6 is 0 Å². The fourth-order valence-electron chi connectivity index (χ4n) is 5.59. The van der Waals surface area contributed by atoms with Crippen LogP contribution in [0.3, 0.4) is 0 Å². The number of carboxylic acid groups (broad SMARTS) is 1. The van der Waals surface area contributed by atoms with Crippen LogP contribution in [0.5, 0.6) is 5.75 Å². The van der Waals surface area contributed by atoms with Gasteiger partial charge in [-0.15, -0.1) is 0 Å². The van der Waals surface area contributed by atoms with Crippen molar-refractivity contribution in [1.29, 1.82) is 0 Å². The Balaban J connectivity index is 1.34. The fraction of sp³-hybridized carbons (Fsp3) is 0.531. The van der Waals surface area contributed by atoms with Crippen molar-refractivity contribution in [2.24, 2.45) is 5.92 Å². The smallest absolute Gasteiger partial charge is 0.304 e. The van der Waals surface area contributed by atoms with Crippen molar-refractivity contribution in [3.8, 4) is 5.75 Å². The molecule has 1 saturated heterocycles. The molecule has 4 rings (SSSR count). The third kappa shape index (κ3) is 9.30. The number of aromatic nitrogens is 3. The number of hydrogen-bond acceptors (Lipinski definition) is 9. The highest BCUT2D eigenvalue weighted by Crippen LogP contribution is 2.27. The van der Waals surface area contributed by atoms with E-state index in [1.54, 1.807) is 14.0 Å². The average molecular weight is 623 g/mol. The maximum Gasteiger partial charge on any atom is 0.304 e. The molecule has 2 amide bonds. The number of carbonyl (C=O) groups is 3. The summed E-state index contributed by atoms with van der Waals surface area (Å²) in [4.78, 5) is 48.6. The molecule has 0 bridgehead atoms. The summed E-state index contributed by atoms with van der Waals surface area (Å²) >= 11 is 0. The zero-order chi connectivity index (χ0) is 32.3. The summed E-state index contributed by atoms with van der Waals surface area (Å²) in [5.74, 6) is -0.245. The minimum atomic E-state index is -1.02. The molecule has 2 aromatic heterocycles. The number of nitrogen functional groups attached to an aromatic ring is 1. The minimum absolute atomic E-state index is 0.0171. The SMILES string of the molecule is CCCCCNc1nc(N)nc2ccn(Cc3cc(CN4CCN(C(=O)CCNC(=O)C(C)CC(=O)O)CC4)ccc3OC)c12. The van der Waals surface area contributed by atoms with Gasteiger partial charge in [-0.25, -0.2) is 4.98 Å². The number of nitrogens with one attached hydrogen (secondary N) is 2. The van der Waals surface area contributed by atoms with Gasteiger partial charge in [0.25, 0.3) is 0 Å². The van der Waals surface area contributed by atoms with E-state index in [1.807, 2.05) is 23.2 Å². The summed E-state index contributed by atoms with van der Waals surface area (Å²) in [6.45, 7) is 8.76. The molecule has 1 aliphatic heterocycles. The molecule has 1 aromatic carbocycles. The zero-order valence-electron chi connectivity index (χ0n) is 26.6. The second-order valence-electron chi connectivity index (χ2n) is 11.6. The number of ether oxygens (including phenoxy) is 1. The van der Waals surface area contributed by atoms with Gasteiger partial charge < -0.3 is 35.7 Å². The molecular weight excluding hydrogens is 576 g/mol. The van der Waals surface area contributed by atoms with Crippen molar-refractivity contribution in [3.05, 3.63) is 41.6 Å². The van der Waals surface area contributed by atoms with Gasteiger partial charge in [-0.1, -0.05) is 32.8 Å². The third-order valence-corrected chi connectivity index (χ3v) is 8.08. The first-order valence-corrected chi connectivity index (χ1v) is 15.7. The first-order valence-electron chi connectivity index (χ1n) is 15.7. The van der Waals surface area contributed by atoms with Crippen molar-refractivity contribution >= 4 is 40.6 Å². The number of hydrogen-bond donors (Lipinski definition) is 4. The lowest BCUT2D eigenvalue weighted by atomic mass is 10.1. The topological polar surface area (TPSA) is 168 Å². The molecule has 0 saturated carbocycles.